The Morgan fingerprint density at radius 2 is 1.55 bits per heavy atom. The van der Waals surface area contributed by atoms with Crippen LogP contribution in [0.5, 0.6) is 0 Å². The number of carbonyl (C=O) groups is 2. The van der Waals surface area contributed by atoms with Crippen molar-refractivity contribution >= 4 is 49.6 Å². The Hall–Kier alpha value is -3.25. The highest BCUT2D eigenvalue weighted by Crippen LogP contribution is 2.26. The Kier molecular flexibility index (Phi) is 5.27. The normalized spacial score (nSPS) is 12.0. The van der Waals surface area contributed by atoms with Gasteiger partial charge in [-0.15, -0.1) is 0 Å². The summed E-state index contributed by atoms with van der Waals surface area (Å²) < 4.78 is 0.858. The summed E-state index contributed by atoms with van der Waals surface area (Å²) in [6.45, 7) is 0. The number of hydrogen-bond acceptors (Lipinski definition) is 3. The molecule has 0 bridgehead atoms. The number of nitrogens with one attached hydrogen (secondary N) is 1. The molecule has 2 N–H and O–H groups in total. The molecule has 29 heavy (non-hydrogen) atoms. The minimum atomic E-state index is -1.08. The van der Waals surface area contributed by atoms with Crippen LogP contribution in [0.2, 0.25) is 0 Å². The van der Waals surface area contributed by atoms with E-state index in [-0.39, 0.29) is 6.42 Å². The summed E-state index contributed by atoms with van der Waals surface area (Å²) in [5.74, 6) is -1.51. The minimum Gasteiger partial charge on any atom is -0.480 e. The molecule has 1 aromatic heterocycles. The van der Waals surface area contributed by atoms with Crippen molar-refractivity contribution in [1.29, 1.82) is 0 Å². The number of pyridine rings is 1. The molecule has 5 nitrogen and oxygen atoms in total. The number of carboxylic acids is 1. The second-order valence-electron chi connectivity index (χ2n) is 6.72. The topological polar surface area (TPSA) is 79.3 Å². The van der Waals surface area contributed by atoms with Gasteiger partial charge in [-0.3, -0.25) is 4.79 Å². The summed E-state index contributed by atoms with van der Waals surface area (Å²) in [6.07, 6.45) is 0.182. The van der Waals surface area contributed by atoms with E-state index in [2.05, 4.69) is 26.2 Å². The average Bonchev–Trinajstić information content (AvgIpc) is 2.71. The number of amides is 1. The lowest BCUT2D eigenvalue weighted by atomic mass is 10.0. The van der Waals surface area contributed by atoms with E-state index in [1.807, 2.05) is 72.8 Å². The lowest BCUT2D eigenvalue weighted by Gasteiger charge is -2.17. The Labute approximate surface area is 175 Å². The van der Waals surface area contributed by atoms with E-state index in [1.165, 1.54) is 0 Å². The van der Waals surface area contributed by atoms with Gasteiger partial charge in [0.2, 0.25) is 0 Å². The number of fused-ring (bicyclic) bond motifs is 2. The van der Waals surface area contributed by atoms with Gasteiger partial charge in [0, 0.05) is 21.7 Å². The zero-order valence-corrected chi connectivity index (χ0v) is 16.9. The van der Waals surface area contributed by atoms with Gasteiger partial charge in [-0.25, -0.2) is 9.78 Å². The highest BCUT2D eigenvalue weighted by molar-refractivity contribution is 9.10. The molecule has 0 saturated carbocycles. The van der Waals surface area contributed by atoms with Gasteiger partial charge < -0.3 is 10.4 Å². The Morgan fingerprint density at radius 3 is 2.14 bits per heavy atom. The second-order valence-corrected chi connectivity index (χ2v) is 7.64. The van der Waals surface area contributed by atoms with Crippen molar-refractivity contribution in [2.24, 2.45) is 0 Å². The van der Waals surface area contributed by atoms with Gasteiger partial charge in [0.05, 0.1) is 16.6 Å². The molecule has 1 atom stereocenters. The summed E-state index contributed by atoms with van der Waals surface area (Å²) in [7, 11) is 0. The molecule has 0 aliphatic carbocycles. The monoisotopic (exact) mass is 448 g/mol. The summed E-state index contributed by atoms with van der Waals surface area (Å²) in [6, 6.07) is 21.1. The lowest BCUT2D eigenvalue weighted by molar-refractivity contribution is -0.139. The van der Waals surface area contributed by atoms with Crippen LogP contribution in [0, 0.1) is 0 Å². The van der Waals surface area contributed by atoms with Crippen molar-refractivity contribution in [2.45, 2.75) is 12.5 Å². The van der Waals surface area contributed by atoms with E-state index in [1.54, 1.807) is 0 Å². The number of carboxylic acid groups (broad SMARTS) is 1. The van der Waals surface area contributed by atoms with Crippen molar-refractivity contribution in [3.8, 4) is 0 Å². The maximum Gasteiger partial charge on any atom is 0.326 e. The molecule has 0 fully saturated rings. The van der Waals surface area contributed by atoms with Crippen LogP contribution < -0.4 is 5.32 Å². The molecule has 0 aliphatic rings. The molecule has 6 heteroatoms. The van der Waals surface area contributed by atoms with E-state index < -0.39 is 17.9 Å². The molecular formula is C23H17BrN2O3. The van der Waals surface area contributed by atoms with Gasteiger partial charge in [0.15, 0.2) is 0 Å². The minimum absolute atomic E-state index is 0.182. The van der Waals surface area contributed by atoms with E-state index in [0.29, 0.717) is 27.4 Å². The van der Waals surface area contributed by atoms with Crippen LogP contribution in [-0.2, 0) is 11.2 Å². The van der Waals surface area contributed by atoms with Crippen LogP contribution in [-0.4, -0.2) is 28.0 Å². The van der Waals surface area contributed by atoms with E-state index in [4.69, 9.17) is 0 Å². The molecule has 0 aliphatic heterocycles. The molecule has 3 aromatic carbocycles. The van der Waals surface area contributed by atoms with Gasteiger partial charge in [-0.1, -0.05) is 64.5 Å². The summed E-state index contributed by atoms with van der Waals surface area (Å²) in [5.41, 5.74) is 2.63. The third kappa shape index (κ3) is 3.98. The van der Waals surface area contributed by atoms with E-state index >= 15 is 0 Å². The number of hydrogen-bond donors (Lipinski definition) is 2. The van der Waals surface area contributed by atoms with Gasteiger partial charge >= 0.3 is 5.97 Å². The number of halogens is 1. The van der Waals surface area contributed by atoms with Crippen LogP contribution in [0.1, 0.15) is 15.9 Å². The number of rotatable bonds is 5. The fraction of sp³-hybridized carbons (Fsp3) is 0.0870. The summed E-state index contributed by atoms with van der Waals surface area (Å²) in [4.78, 5) is 29.7. The number of benzene rings is 3. The molecule has 0 unspecified atom stereocenters. The number of aromatic nitrogens is 1. The van der Waals surface area contributed by atoms with Gasteiger partial charge in [-0.2, -0.15) is 0 Å². The number of aliphatic carboxylic acids is 1. The maximum atomic E-state index is 13.2. The highest BCUT2D eigenvalue weighted by Gasteiger charge is 2.24. The molecule has 0 saturated heterocycles. The quantitative estimate of drug-likeness (QED) is 0.438. The van der Waals surface area contributed by atoms with Gasteiger partial charge in [0.1, 0.15) is 6.04 Å². The third-order valence-electron chi connectivity index (χ3n) is 4.75. The zero-order valence-electron chi connectivity index (χ0n) is 15.3. The van der Waals surface area contributed by atoms with E-state index in [9.17, 15) is 14.7 Å². The molecular weight excluding hydrogens is 432 g/mol. The Bertz CT molecular complexity index is 1190. The molecule has 1 heterocycles. The fourth-order valence-corrected chi connectivity index (χ4v) is 3.86. The largest absolute Gasteiger partial charge is 0.480 e. The Morgan fingerprint density at radius 1 is 0.931 bits per heavy atom. The van der Waals surface area contributed by atoms with Crippen LogP contribution in [0.25, 0.3) is 21.8 Å². The smallest absolute Gasteiger partial charge is 0.326 e. The SMILES string of the molecule is O=C(N[C@H](Cc1cccc(Br)c1)C(=O)O)c1c2ccccc2nc2ccccc12. The average molecular weight is 449 g/mol. The Balaban J connectivity index is 1.74. The van der Waals surface area contributed by atoms with Gasteiger partial charge in [-0.05, 0) is 29.8 Å². The van der Waals surface area contributed by atoms with Gasteiger partial charge in [0.25, 0.3) is 5.91 Å². The molecule has 0 spiro atoms. The lowest BCUT2D eigenvalue weighted by Crippen LogP contribution is -2.42. The van der Waals surface area contributed by atoms with Crippen molar-refractivity contribution in [3.63, 3.8) is 0 Å². The standard InChI is InChI=1S/C23H17BrN2O3/c24-15-7-5-6-14(12-15)13-20(23(28)29)26-22(27)21-16-8-1-3-10-18(16)25-19-11-4-2-9-17(19)21/h1-12,20H,13H2,(H,26,27)(H,28,29)/t20-/m1/s1. The number of para-hydroxylation sites is 2. The predicted octanol–water partition coefficient (Wildman–Crippen LogP) is 4.58. The maximum absolute atomic E-state index is 13.2. The van der Waals surface area contributed by atoms with Crippen LogP contribution in [0.3, 0.4) is 0 Å². The van der Waals surface area contributed by atoms with Crippen molar-refractivity contribution in [2.75, 3.05) is 0 Å². The number of carbonyl (C=O) groups excluding carboxylic acids is 1. The highest BCUT2D eigenvalue weighted by atomic mass is 79.9. The van der Waals surface area contributed by atoms with Crippen molar-refractivity contribution in [1.82, 2.24) is 10.3 Å². The van der Waals surface area contributed by atoms with E-state index in [0.717, 1.165) is 10.0 Å². The van der Waals surface area contributed by atoms with Crippen LogP contribution in [0.15, 0.2) is 77.3 Å². The molecule has 0 radical (unpaired) electrons. The summed E-state index contributed by atoms with van der Waals surface area (Å²) >= 11 is 3.39. The van der Waals surface area contributed by atoms with Crippen LogP contribution in [0.4, 0.5) is 0 Å². The molecule has 144 valence electrons. The van der Waals surface area contributed by atoms with Crippen molar-refractivity contribution in [3.05, 3.63) is 88.4 Å². The second kappa shape index (κ2) is 8.01. The first kappa shape index (κ1) is 19.1. The van der Waals surface area contributed by atoms with Crippen LogP contribution >= 0.6 is 15.9 Å². The number of nitrogens with zero attached hydrogens (tertiary/aromatic N) is 1. The molecule has 4 rings (SSSR count). The first-order valence-corrected chi connectivity index (χ1v) is 9.88. The third-order valence-corrected chi connectivity index (χ3v) is 5.24. The molecule has 1 amide bonds. The molecule has 4 aromatic rings. The zero-order chi connectivity index (χ0) is 20.4. The predicted molar refractivity (Wildman–Crippen MR) is 116 cm³/mol. The first-order valence-electron chi connectivity index (χ1n) is 9.08. The van der Waals surface area contributed by atoms with Crippen molar-refractivity contribution < 1.29 is 14.7 Å². The fourth-order valence-electron chi connectivity index (χ4n) is 3.41. The first-order chi connectivity index (χ1) is 14.0. The summed E-state index contributed by atoms with van der Waals surface area (Å²) in [5, 5.41) is 13.8.